The first-order chi connectivity index (χ1) is 11.7. The monoisotopic (exact) mass is 316 g/mol. The number of aromatic nitrogens is 3. The molecular formula is C19H16N4O. The number of aliphatic imine (C=N–C) groups is 1. The number of hydrogen-bond donors (Lipinski definition) is 2. The van der Waals surface area contributed by atoms with E-state index >= 15 is 0 Å². The molecule has 0 amide bonds. The van der Waals surface area contributed by atoms with E-state index in [0.717, 1.165) is 22.4 Å². The van der Waals surface area contributed by atoms with Gasteiger partial charge in [-0.15, -0.1) is 0 Å². The van der Waals surface area contributed by atoms with Crippen LogP contribution in [0.15, 0.2) is 58.4 Å². The van der Waals surface area contributed by atoms with Crippen LogP contribution in [0.1, 0.15) is 35.2 Å². The molecule has 1 unspecified atom stereocenters. The van der Waals surface area contributed by atoms with Crippen molar-refractivity contribution < 1.29 is 0 Å². The van der Waals surface area contributed by atoms with Gasteiger partial charge in [-0.3, -0.25) is 9.89 Å². The Hall–Kier alpha value is -3.21. The fourth-order valence-corrected chi connectivity index (χ4v) is 2.97. The molecule has 3 aromatic rings. The Morgan fingerprint density at radius 1 is 1.08 bits per heavy atom. The molecule has 0 aliphatic carbocycles. The number of pyridine rings is 1. The zero-order valence-corrected chi connectivity index (χ0v) is 13.2. The van der Waals surface area contributed by atoms with E-state index in [1.807, 2.05) is 36.4 Å². The molecule has 24 heavy (non-hydrogen) atoms. The van der Waals surface area contributed by atoms with E-state index in [1.165, 1.54) is 0 Å². The molecule has 0 radical (unpaired) electrons. The number of benzene rings is 1. The van der Waals surface area contributed by atoms with Crippen LogP contribution < -0.4 is 5.56 Å². The topological polar surface area (TPSA) is 73.9 Å². The lowest BCUT2D eigenvalue weighted by Gasteiger charge is -2.11. The van der Waals surface area contributed by atoms with Crippen molar-refractivity contribution in [1.82, 2.24) is 15.2 Å². The van der Waals surface area contributed by atoms with Crippen molar-refractivity contribution >= 4 is 23.7 Å². The van der Waals surface area contributed by atoms with Gasteiger partial charge < -0.3 is 5.10 Å². The summed E-state index contributed by atoms with van der Waals surface area (Å²) >= 11 is 0. The minimum Gasteiger partial charge on any atom is -0.301 e. The lowest BCUT2D eigenvalue weighted by molar-refractivity contribution is 0.850. The molecule has 1 atom stereocenters. The van der Waals surface area contributed by atoms with Crippen LogP contribution in [0.5, 0.6) is 0 Å². The molecule has 1 aromatic carbocycles. The summed E-state index contributed by atoms with van der Waals surface area (Å²) in [5, 5.41) is 5.73. The predicted molar refractivity (Wildman–Crippen MR) is 95.6 cm³/mol. The van der Waals surface area contributed by atoms with Gasteiger partial charge in [0.1, 0.15) is 0 Å². The third-order valence-corrected chi connectivity index (χ3v) is 4.30. The van der Waals surface area contributed by atoms with Crippen molar-refractivity contribution in [2.45, 2.75) is 12.8 Å². The second-order valence-corrected chi connectivity index (χ2v) is 5.77. The molecule has 3 heterocycles. The van der Waals surface area contributed by atoms with E-state index in [4.69, 9.17) is 0 Å². The van der Waals surface area contributed by atoms with Crippen molar-refractivity contribution in [3.8, 4) is 0 Å². The largest absolute Gasteiger partial charge is 0.301 e. The first kappa shape index (κ1) is 14.4. The van der Waals surface area contributed by atoms with Crippen molar-refractivity contribution in [3.05, 3.63) is 81.4 Å². The second-order valence-electron chi connectivity index (χ2n) is 5.77. The molecule has 0 fully saturated rings. The Morgan fingerprint density at radius 3 is 2.75 bits per heavy atom. The lowest BCUT2D eigenvalue weighted by atomic mass is 9.94. The van der Waals surface area contributed by atoms with Crippen LogP contribution in [0.4, 0.5) is 5.82 Å². The van der Waals surface area contributed by atoms with Gasteiger partial charge in [0, 0.05) is 29.5 Å². The van der Waals surface area contributed by atoms with Crippen LogP contribution in [-0.4, -0.2) is 21.4 Å². The summed E-state index contributed by atoms with van der Waals surface area (Å²) in [4.78, 5) is 20.8. The maximum atomic E-state index is 12.3. The summed E-state index contributed by atoms with van der Waals surface area (Å²) in [5.41, 5.74) is 4.34. The molecule has 2 N–H and O–H groups in total. The molecule has 5 heteroatoms. The van der Waals surface area contributed by atoms with Gasteiger partial charge in [0.2, 0.25) is 0 Å². The van der Waals surface area contributed by atoms with Crippen LogP contribution in [-0.2, 0) is 0 Å². The number of nitrogens with zero attached hydrogens (tertiary/aromatic N) is 2. The Kier molecular flexibility index (Phi) is 3.46. The van der Waals surface area contributed by atoms with Gasteiger partial charge in [-0.2, -0.15) is 0 Å². The minimum absolute atomic E-state index is 0.0729. The third kappa shape index (κ3) is 2.40. The van der Waals surface area contributed by atoms with E-state index in [1.54, 1.807) is 12.4 Å². The van der Waals surface area contributed by atoms with E-state index in [-0.39, 0.29) is 11.5 Å². The van der Waals surface area contributed by atoms with Crippen molar-refractivity contribution in [2.24, 2.45) is 4.99 Å². The van der Waals surface area contributed by atoms with E-state index in [9.17, 15) is 4.79 Å². The third-order valence-electron chi connectivity index (χ3n) is 4.30. The molecule has 0 bridgehead atoms. The molecule has 0 saturated carbocycles. The first-order valence-electron chi connectivity index (χ1n) is 7.80. The van der Waals surface area contributed by atoms with E-state index in [2.05, 4.69) is 39.2 Å². The highest BCUT2D eigenvalue weighted by Crippen LogP contribution is 2.31. The van der Waals surface area contributed by atoms with Gasteiger partial charge in [-0.25, -0.2) is 9.98 Å². The smallest absolute Gasteiger partial charge is 0.271 e. The Morgan fingerprint density at radius 2 is 1.92 bits per heavy atom. The predicted octanol–water partition coefficient (Wildman–Crippen LogP) is 3.51. The van der Waals surface area contributed by atoms with Gasteiger partial charge in [0.05, 0.1) is 11.3 Å². The summed E-state index contributed by atoms with van der Waals surface area (Å²) in [6.07, 6.45) is 5.34. The standard InChI is InChI=1S/C19H16N4O/c1-12(13-6-3-2-4-7-13)17-16(19(24)23-22-17)10-14-11-21-18-15(14)8-5-9-20-18/h2-12H,1H3,(H2,22,23,24)/b14-10-. The molecule has 118 valence electrons. The highest BCUT2D eigenvalue weighted by atomic mass is 16.1. The maximum absolute atomic E-state index is 12.3. The van der Waals surface area contributed by atoms with Crippen LogP contribution in [0.2, 0.25) is 0 Å². The van der Waals surface area contributed by atoms with Crippen molar-refractivity contribution in [2.75, 3.05) is 0 Å². The van der Waals surface area contributed by atoms with Crippen molar-refractivity contribution in [3.63, 3.8) is 0 Å². The Labute approximate surface area is 138 Å². The second kappa shape index (κ2) is 5.77. The number of aromatic amines is 2. The lowest BCUT2D eigenvalue weighted by Crippen LogP contribution is -2.05. The minimum atomic E-state index is -0.133. The summed E-state index contributed by atoms with van der Waals surface area (Å²) in [7, 11) is 0. The van der Waals surface area contributed by atoms with Gasteiger partial charge in [0.25, 0.3) is 5.56 Å². The molecule has 1 aliphatic heterocycles. The van der Waals surface area contributed by atoms with E-state index in [0.29, 0.717) is 11.4 Å². The summed E-state index contributed by atoms with van der Waals surface area (Å²) in [5.74, 6) is 0.761. The fraction of sp³-hybridized carbons (Fsp3) is 0.105. The van der Waals surface area contributed by atoms with Crippen LogP contribution in [0.25, 0.3) is 11.6 Å². The van der Waals surface area contributed by atoms with Gasteiger partial charge in [-0.05, 0) is 23.8 Å². The van der Waals surface area contributed by atoms with Crippen molar-refractivity contribution in [1.29, 1.82) is 0 Å². The zero-order chi connectivity index (χ0) is 16.5. The molecule has 0 spiro atoms. The van der Waals surface area contributed by atoms with E-state index < -0.39 is 0 Å². The SMILES string of the molecule is CC(c1ccccc1)c1[nH][nH]c(=O)c1/C=C1/C=Nc2ncccc21. The number of fused-ring (bicyclic) bond motifs is 1. The number of hydrogen-bond acceptors (Lipinski definition) is 3. The number of rotatable bonds is 3. The number of nitrogens with one attached hydrogen (secondary N) is 2. The average Bonchev–Trinajstić information content (AvgIpc) is 3.20. The van der Waals surface area contributed by atoms with Crippen LogP contribution >= 0.6 is 0 Å². The van der Waals surface area contributed by atoms with Crippen LogP contribution in [0.3, 0.4) is 0 Å². The molecular weight excluding hydrogens is 300 g/mol. The zero-order valence-electron chi connectivity index (χ0n) is 13.2. The summed E-state index contributed by atoms with van der Waals surface area (Å²) in [6, 6.07) is 13.9. The highest BCUT2D eigenvalue weighted by molar-refractivity contribution is 6.20. The average molecular weight is 316 g/mol. The van der Waals surface area contributed by atoms with Gasteiger partial charge >= 0.3 is 0 Å². The molecule has 5 nitrogen and oxygen atoms in total. The maximum Gasteiger partial charge on any atom is 0.271 e. The molecule has 1 aliphatic rings. The highest BCUT2D eigenvalue weighted by Gasteiger charge is 2.19. The first-order valence-corrected chi connectivity index (χ1v) is 7.80. The summed E-state index contributed by atoms with van der Waals surface area (Å²) in [6.45, 7) is 2.08. The number of allylic oxidation sites excluding steroid dienone is 1. The molecule has 0 saturated heterocycles. The quantitative estimate of drug-likeness (QED) is 0.776. The van der Waals surface area contributed by atoms with Gasteiger partial charge in [-0.1, -0.05) is 37.3 Å². The van der Waals surface area contributed by atoms with Crippen LogP contribution in [0, 0.1) is 0 Å². The molecule has 2 aromatic heterocycles. The normalized spacial score (nSPS) is 15.6. The molecule has 4 rings (SSSR count). The van der Waals surface area contributed by atoms with Gasteiger partial charge in [0.15, 0.2) is 5.82 Å². The summed E-state index contributed by atoms with van der Waals surface area (Å²) < 4.78 is 0. The Bertz CT molecular complexity index is 995. The Balaban J connectivity index is 1.79. The fourth-order valence-electron chi connectivity index (χ4n) is 2.97. The number of H-pyrrole nitrogens is 2.